The van der Waals surface area contributed by atoms with Gasteiger partial charge in [0.15, 0.2) is 0 Å². The number of hydrogen-bond acceptors (Lipinski definition) is 5. The molecule has 0 saturated carbocycles. The summed E-state index contributed by atoms with van der Waals surface area (Å²) in [6.45, 7) is 4.62. The number of aryl methyl sites for hydroxylation is 1. The lowest BCUT2D eigenvalue weighted by Gasteiger charge is -2.41. The molecule has 8 nitrogen and oxygen atoms in total. The molecule has 0 aliphatic carbocycles. The molecule has 3 N–H and O–H groups in total. The van der Waals surface area contributed by atoms with Gasteiger partial charge in [0.05, 0.1) is 17.5 Å². The van der Waals surface area contributed by atoms with Crippen LogP contribution in [0.15, 0.2) is 54.6 Å². The number of carbonyl (C=O) groups excluding carboxylic acids is 2. The molecule has 0 bridgehead atoms. The van der Waals surface area contributed by atoms with E-state index in [2.05, 4.69) is 5.32 Å². The van der Waals surface area contributed by atoms with Crippen LogP contribution >= 0.6 is 0 Å². The minimum Gasteiger partial charge on any atom is -0.343 e. The average molecular weight is 513 g/mol. The van der Waals surface area contributed by atoms with Gasteiger partial charge in [0, 0.05) is 25.0 Å². The number of nitrogens with one attached hydrogen (secondary N) is 1. The number of benzene rings is 2. The number of sulfonamides is 1. The van der Waals surface area contributed by atoms with E-state index in [9.17, 15) is 18.0 Å². The van der Waals surface area contributed by atoms with Gasteiger partial charge in [-0.25, -0.2) is 8.42 Å². The van der Waals surface area contributed by atoms with Crippen molar-refractivity contribution in [3.05, 3.63) is 65.7 Å². The molecule has 194 valence electrons. The maximum atomic E-state index is 13.6. The summed E-state index contributed by atoms with van der Waals surface area (Å²) in [4.78, 5) is 28.1. The van der Waals surface area contributed by atoms with Crippen molar-refractivity contribution in [2.45, 2.75) is 56.5 Å². The number of amides is 2. The molecule has 9 heteroatoms. The van der Waals surface area contributed by atoms with Crippen LogP contribution in [0.1, 0.15) is 44.2 Å². The number of hydrogen-bond donors (Lipinski definition) is 2. The monoisotopic (exact) mass is 512 g/mol. The first kappa shape index (κ1) is 26.2. The normalized spacial score (nSPS) is 18.1. The van der Waals surface area contributed by atoms with Gasteiger partial charge in [0.2, 0.25) is 21.8 Å². The van der Waals surface area contributed by atoms with Crippen LogP contribution < -0.4 is 15.4 Å². The van der Waals surface area contributed by atoms with E-state index in [1.165, 1.54) is 10.6 Å². The number of likely N-dealkylation sites (tertiary alicyclic amines) is 1. The molecule has 4 rings (SSSR count). The lowest BCUT2D eigenvalue weighted by molar-refractivity contribution is -0.138. The SMILES string of the molecule is CC(C)(N)C(=O)N[C@H](CCc1ccccc1)C(=O)N1CCC2(CC1)CN(S(C)(=O)=O)c1ccccc12. The maximum absolute atomic E-state index is 13.6. The molecule has 1 spiro atoms. The van der Waals surface area contributed by atoms with Crippen molar-refractivity contribution in [2.24, 2.45) is 5.73 Å². The van der Waals surface area contributed by atoms with E-state index in [4.69, 9.17) is 5.73 Å². The molecule has 0 aromatic heterocycles. The molecule has 2 aromatic rings. The van der Waals surface area contributed by atoms with Crippen molar-refractivity contribution in [3.8, 4) is 0 Å². The number of nitrogens with zero attached hydrogens (tertiary/aromatic N) is 2. The van der Waals surface area contributed by atoms with Crippen molar-refractivity contribution >= 4 is 27.5 Å². The fourth-order valence-corrected chi connectivity index (χ4v) is 6.24. The highest BCUT2D eigenvalue weighted by Crippen LogP contribution is 2.47. The third-order valence-corrected chi connectivity index (χ3v) is 8.50. The molecule has 2 aliphatic rings. The van der Waals surface area contributed by atoms with Gasteiger partial charge in [0.25, 0.3) is 0 Å². The Balaban J connectivity index is 1.49. The van der Waals surface area contributed by atoms with Crippen molar-refractivity contribution < 1.29 is 18.0 Å². The van der Waals surface area contributed by atoms with E-state index < -0.39 is 21.6 Å². The van der Waals surface area contributed by atoms with Gasteiger partial charge in [-0.15, -0.1) is 0 Å². The summed E-state index contributed by atoms with van der Waals surface area (Å²) in [6.07, 6.45) is 3.67. The van der Waals surface area contributed by atoms with Crippen LogP contribution in [-0.4, -0.2) is 62.6 Å². The number of anilines is 1. The Morgan fingerprint density at radius 2 is 1.67 bits per heavy atom. The number of nitrogens with two attached hydrogens (primary N) is 1. The standard InChI is InChI=1S/C27H36N4O4S/c1-26(2,28)25(33)29-22(14-13-20-9-5-4-6-10-20)24(32)30-17-15-27(16-18-30)19-31(36(3,34)35)23-12-8-7-11-21(23)27/h4-12,22H,13-19,28H2,1-3H3,(H,29,33)/t22-/m1/s1. The van der Waals surface area contributed by atoms with Crippen LogP contribution in [0.2, 0.25) is 0 Å². The molecule has 2 amide bonds. The number of rotatable bonds is 7. The molecule has 2 aliphatic heterocycles. The topological polar surface area (TPSA) is 113 Å². The minimum atomic E-state index is -3.40. The lowest BCUT2D eigenvalue weighted by atomic mass is 9.74. The minimum absolute atomic E-state index is 0.121. The lowest BCUT2D eigenvalue weighted by Crippen LogP contribution is -2.58. The van der Waals surface area contributed by atoms with E-state index in [1.54, 1.807) is 18.7 Å². The summed E-state index contributed by atoms with van der Waals surface area (Å²) in [5.41, 5.74) is 7.43. The Hall–Kier alpha value is -2.91. The molecular formula is C27H36N4O4S. The fraction of sp³-hybridized carbons (Fsp3) is 0.481. The second kappa shape index (κ2) is 9.86. The highest BCUT2D eigenvalue weighted by Gasteiger charge is 2.47. The molecule has 1 saturated heterocycles. The Morgan fingerprint density at radius 1 is 1.06 bits per heavy atom. The number of para-hydroxylation sites is 1. The summed E-state index contributed by atoms with van der Waals surface area (Å²) in [5, 5.41) is 2.89. The molecule has 1 atom stereocenters. The molecule has 0 unspecified atom stereocenters. The summed E-state index contributed by atoms with van der Waals surface area (Å²) in [7, 11) is -3.40. The second-order valence-corrected chi connectivity index (χ2v) is 12.6. The first-order chi connectivity index (χ1) is 16.9. The Labute approximate surface area is 213 Å². The highest BCUT2D eigenvalue weighted by atomic mass is 32.2. The van der Waals surface area contributed by atoms with Gasteiger partial charge >= 0.3 is 0 Å². The van der Waals surface area contributed by atoms with Gasteiger partial charge in [0.1, 0.15) is 6.04 Å². The van der Waals surface area contributed by atoms with Crippen molar-refractivity contribution in [2.75, 3.05) is 30.2 Å². The molecular weight excluding hydrogens is 476 g/mol. The first-order valence-corrected chi connectivity index (χ1v) is 14.3. The maximum Gasteiger partial charge on any atom is 0.245 e. The molecule has 2 heterocycles. The van der Waals surface area contributed by atoms with Gasteiger partial charge in [-0.1, -0.05) is 48.5 Å². The van der Waals surface area contributed by atoms with Crippen LogP contribution in [0.25, 0.3) is 0 Å². The van der Waals surface area contributed by atoms with Crippen LogP contribution in [0, 0.1) is 0 Å². The number of piperidine rings is 1. The van der Waals surface area contributed by atoms with Gasteiger partial charge < -0.3 is 16.0 Å². The zero-order chi connectivity index (χ0) is 26.1. The van der Waals surface area contributed by atoms with Gasteiger partial charge in [-0.05, 0) is 56.7 Å². The van der Waals surface area contributed by atoms with Crippen molar-refractivity contribution in [3.63, 3.8) is 0 Å². The summed E-state index contributed by atoms with van der Waals surface area (Å²) in [6, 6.07) is 16.8. The average Bonchev–Trinajstić information content (AvgIpc) is 3.16. The smallest absolute Gasteiger partial charge is 0.245 e. The van der Waals surface area contributed by atoms with Crippen molar-refractivity contribution in [1.82, 2.24) is 10.2 Å². The molecule has 1 fully saturated rings. The predicted molar refractivity (Wildman–Crippen MR) is 141 cm³/mol. The Morgan fingerprint density at radius 3 is 2.28 bits per heavy atom. The van der Waals surface area contributed by atoms with Crippen LogP contribution in [0.4, 0.5) is 5.69 Å². The van der Waals surface area contributed by atoms with Crippen molar-refractivity contribution in [1.29, 1.82) is 0 Å². The quantitative estimate of drug-likeness (QED) is 0.591. The zero-order valence-corrected chi connectivity index (χ0v) is 22.1. The van der Waals surface area contributed by atoms with E-state index in [-0.39, 0.29) is 17.2 Å². The molecule has 0 radical (unpaired) electrons. The molecule has 36 heavy (non-hydrogen) atoms. The van der Waals surface area contributed by atoms with Crippen LogP contribution in [-0.2, 0) is 31.4 Å². The van der Waals surface area contributed by atoms with Crippen LogP contribution in [0.5, 0.6) is 0 Å². The zero-order valence-electron chi connectivity index (χ0n) is 21.2. The Kier molecular flexibility index (Phi) is 7.16. The number of fused-ring (bicyclic) bond motifs is 2. The van der Waals surface area contributed by atoms with E-state index in [0.717, 1.165) is 16.8 Å². The highest BCUT2D eigenvalue weighted by molar-refractivity contribution is 7.92. The van der Waals surface area contributed by atoms with E-state index in [0.29, 0.717) is 45.3 Å². The largest absolute Gasteiger partial charge is 0.343 e. The third kappa shape index (κ3) is 5.42. The third-order valence-electron chi connectivity index (χ3n) is 7.38. The molecule has 2 aromatic carbocycles. The Bertz CT molecular complexity index is 1220. The second-order valence-electron chi connectivity index (χ2n) is 10.7. The summed E-state index contributed by atoms with van der Waals surface area (Å²) >= 11 is 0. The van der Waals surface area contributed by atoms with Gasteiger partial charge in [-0.2, -0.15) is 0 Å². The van der Waals surface area contributed by atoms with E-state index >= 15 is 0 Å². The van der Waals surface area contributed by atoms with E-state index in [1.807, 2.05) is 54.6 Å². The fourth-order valence-electron chi connectivity index (χ4n) is 5.24. The number of carbonyl (C=O) groups is 2. The van der Waals surface area contributed by atoms with Crippen LogP contribution in [0.3, 0.4) is 0 Å². The first-order valence-electron chi connectivity index (χ1n) is 12.4. The van der Waals surface area contributed by atoms with Gasteiger partial charge in [-0.3, -0.25) is 13.9 Å². The summed E-state index contributed by atoms with van der Waals surface area (Å²) < 4.78 is 26.4. The predicted octanol–water partition coefficient (Wildman–Crippen LogP) is 2.18. The summed E-state index contributed by atoms with van der Waals surface area (Å²) in [5.74, 6) is -0.486.